The lowest BCUT2D eigenvalue weighted by atomic mass is 10.2. The Balaban J connectivity index is 2.24. The topological polar surface area (TPSA) is 59.5 Å². The smallest absolute Gasteiger partial charge is 0.231 e. The molecule has 4 nitrogen and oxygen atoms in total. The molecule has 0 saturated heterocycles. The Kier molecular flexibility index (Phi) is 4.22. The van der Waals surface area contributed by atoms with Gasteiger partial charge in [0.05, 0.1) is 12.6 Å². The number of nitrogens with zero attached hydrogens (tertiary/aromatic N) is 1. The van der Waals surface area contributed by atoms with Crippen LogP contribution in [0.1, 0.15) is 32.1 Å². The number of hydrogen-bond acceptors (Lipinski definition) is 3. The molecule has 2 aromatic rings. The third kappa shape index (κ3) is 3.15. The van der Waals surface area contributed by atoms with Crippen molar-refractivity contribution < 1.29 is 9.21 Å². The summed E-state index contributed by atoms with van der Waals surface area (Å²) in [6.45, 7) is 5.20. The van der Waals surface area contributed by atoms with Gasteiger partial charge in [-0.15, -0.1) is 0 Å². The van der Waals surface area contributed by atoms with Crippen LogP contribution in [0.4, 0.5) is 0 Å². The van der Waals surface area contributed by atoms with Crippen molar-refractivity contribution in [1.29, 1.82) is 0 Å². The summed E-state index contributed by atoms with van der Waals surface area (Å²) in [4.78, 5) is 13.2. The van der Waals surface area contributed by atoms with Crippen molar-refractivity contribution in [3.8, 4) is 0 Å². The van der Waals surface area contributed by atoms with Gasteiger partial charge >= 0.3 is 0 Å². The highest BCUT2D eigenvalue weighted by atomic mass is 16.3. The summed E-state index contributed by atoms with van der Waals surface area (Å²) in [5.41, 5.74) is 6.18. The van der Waals surface area contributed by atoms with Gasteiger partial charge in [-0.2, -0.15) is 0 Å². The summed E-state index contributed by atoms with van der Waals surface area (Å²) in [5.74, 6) is 0.562. The van der Waals surface area contributed by atoms with Crippen molar-refractivity contribution >= 4 is 16.9 Å². The van der Waals surface area contributed by atoms with Gasteiger partial charge in [-0.05, 0) is 32.0 Å². The van der Waals surface area contributed by atoms with Crippen molar-refractivity contribution in [2.45, 2.75) is 26.3 Å². The number of hydrogen-bond donors (Lipinski definition) is 1. The summed E-state index contributed by atoms with van der Waals surface area (Å²) in [7, 11) is 0. The largest absolute Gasteiger partial charge is 0.459 e. The van der Waals surface area contributed by atoms with Crippen LogP contribution in [0.25, 0.3) is 11.0 Å². The molecule has 0 saturated carbocycles. The van der Waals surface area contributed by atoms with Crippen LogP contribution in [-0.4, -0.2) is 23.9 Å². The molecule has 0 bridgehead atoms. The molecule has 19 heavy (non-hydrogen) atoms. The lowest BCUT2D eigenvalue weighted by molar-refractivity contribution is -0.119. The van der Waals surface area contributed by atoms with Crippen molar-refractivity contribution in [3.63, 3.8) is 0 Å². The van der Waals surface area contributed by atoms with E-state index in [1.165, 1.54) is 0 Å². The monoisotopic (exact) mass is 260 g/mol. The third-order valence-electron chi connectivity index (χ3n) is 3.27. The van der Waals surface area contributed by atoms with E-state index in [1.807, 2.05) is 42.2 Å². The summed E-state index contributed by atoms with van der Waals surface area (Å²) in [6, 6.07) is 9.98. The second kappa shape index (κ2) is 5.89. The molecule has 0 radical (unpaired) electrons. The fourth-order valence-corrected chi connectivity index (χ4v) is 2.29. The van der Waals surface area contributed by atoms with Crippen LogP contribution in [0.2, 0.25) is 0 Å². The van der Waals surface area contributed by atoms with Gasteiger partial charge < -0.3 is 10.2 Å². The van der Waals surface area contributed by atoms with Crippen LogP contribution < -0.4 is 5.73 Å². The van der Waals surface area contributed by atoms with Crippen molar-refractivity contribution in [1.82, 2.24) is 4.90 Å². The number of carbonyl (C=O) groups is 1. The summed E-state index contributed by atoms with van der Waals surface area (Å²) in [6.07, 6.45) is 0.970. The number of furan rings is 1. The maximum Gasteiger partial charge on any atom is 0.231 e. The molecule has 1 amide bonds. The molecule has 102 valence electrons. The molecular formula is C15H20N2O2. The van der Waals surface area contributed by atoms with Gasteiger partial charge in [-0.25, -0.2) is 0 Å². The Morgan fingerprint density at radius 2 is 2.16 bits per heavy atom. The normalized spacial score (nSPS) is 13.0. The fourth-order valence-electron chi connectivity index (χ4n) is 2.29. The molecule has 1 aromatic carbocycles. The number of fused-ring (bicyclic) bond motifs is 1. The first kappa shape index (κ1) is 13.6. The van der Waals surface area contributed by atoms with E-state index in [4.69, 9.17) is 10.2 Å². The van der Waals surface area contributed by atoms with E-state index >= 15 is 0 Å². The van der Waals surface area contributed by atoms with Crippen molar-refractivity contribution in [2.24, 2.45) is 5.73 Å². The van der Waals surface area contributed by atoms with Crippen LogP contribution in [-0.2, 0) is 4.79 Å². The van der Waals surface area contributed by atoms with Crippen molar-refractivity contribution in [2.75, 3.05) is 13.1 Å². The van der Waals surface area contributed by atoms with Gasteiger partial charge in [-0.1, -0.05) is 25.1 Å². The van der Waals surface area contributed by atoms with Gasteiger partial charge in [0.25, 0.3) is 0 Å². The molecule has 0 spiro atoms. The van der Waals surface area contributed by atoms with Gasteiger partial charge in [-0.3, -0.25) is 9.69 Å². The lowest BCUT2D eigenvalue weighted by Gasteiger charge is -2.25. The van der Waals surface area contributed by atoms with E-state index in [0.717, 1.165) is 29.7 Å². The van der Waals surface area contributed by atoms with E-state index in [1.54, 1.807) is 0 Å². The summed E-state index contributed by atoms with van der Waals surface area (Å²) >= 11 is 0. The first-order valence-electron chi connectivity index (χ1n) is 6.62. The van der Waals surface area contributed by atoms with Gasteiger partial charge in [0.2, 0.25) is 5.91 Å². The Bertz CT molecular complexity index is 529. The van der Waals surface area contributed by atoms with Crippen LogP contribution in [0.3, 0.4) is 0 Å². The zero-order valence-electron chi connectivity index (χ0n) is 11.4. The van der Waals surface area contributed by atoms with Crippen LogP contribution >= 0.6 is 0 Å². The highest BCUT2D eigenvalue weighted by Crippen LogP contribution is 2.27. The predicted octanol–water partition coefficient (Wildman–Crippen LogP) is 2.69. The average molecular weight is 260 g/mol. The summed E-state index contributed by atoms with van der Waals surface area (Å²) < 4.78 is 5.84. The Labute approximate surface area is 113 Å². The number of primary amides is 1. The molecule has 0 unspecified atom stereocenters. The number of benzene rings is 1. The Morgan fingerprint density at radius 1 is 1.42 bits per heavy atom. The first-order valence-corrected chi connectivity index (χ1v) is 6.62. The van der Waals surface area contributed by atoms with Crippen LogP contribution in [0.5, 0.6) is 0 Å². The number of carbonyl (C=O) groups excluding carboxylic acids is 1. The minimum atomic E-state index is -0.309. The molecule has 1 atom stereocenters. The second-order valence-electron chi connectivity index (χ2n) is 4.80. The Morgan fingerprint density at radius 3 is 2.79 bits per heavy atom. The SMILES string of the molecule is CCCN(CC(N)=O)[C@H](C)c1cc2ccccc2o1. The van der Waals surface area contributed by atoms with E-state index < -0.39 is 0 Å². The molecule has 0 aliphatic rings. The first-order chi connectivity index (χ1) is 9.11. The van der Waals surface area contributed by atoms with E-state index in [2.05, 4.69) is 6.92 Å². The van der Waals surface area contributed by atoms with Gasteiger partial charge in [0, 0.05) is 5.39 Å². The summed E-state index contributed by atoms with van der Waals surface area (Å²) in [5, 5.41) is 1.08. The van der Waals surface area contributed by atoms with Crippen LogP contribution in [0, 0.1) is 0 Å². The fraction of sp³-hybridized carbons (Fsp3) is 0.400. The second-order valence-corrected chi connectivity index (χ2v) is 4.80. The Hall–Kier alpha value is -1.81. The van der Waals surface area contributed by atoms with Crippen molar-refractivity contribution in [3.05, 3.63) is 36.1 Å². The highest BCUT2D eigenvalue weighted by molar-refractivity contribution is 5.78. The molecular weight excluding hydrogens is 240 g/mol. The van der Waals surface area contributed by atoms with E-state index in [0.29, 0.717) is 0 Å². The lowest BCUT2D eigenvalue weighted by Crippen LogP contribution is -2.36. The molecule has 0 fully saturated rings. The minimum Gasteiger partial charge on any atom is -0.459 e. The molecule has 4 heteroatoms. The zero-order chi connectivity index (χ0) is 13.8. The molecule has 0 aliphatic carbocycles. The molecule has 1 aromatic heterocycles. The van der Waals surface area contributed by atoms with Gasteiger partial charge in [0.1, 0.15) is 11.3 Å². The maximum absolute atomic E-state index is 11.1. The molecule has 0 aliphatic heterocycles. The number of rotatable bonds is 6. The molecule has 1 heterocycles. The zero-order valence-corrected chi connectivity index (χ0v) is 11.4. The quantitative estimate of drug-likeness (QED) is 0.868. The van der Waals surface area contributed by atoms with E-state index in [-0.39, 0.29) is 18.5 Å². The maximum atomic E-state index is 11.1. The van der Waals surface area contributed by atoms with Gasteiger partial charge in [0.15, 0.2) is 0 Å². The number of amides is 1. The third-order valence-corrected chi connectivity index (χ3v) is 3.27. The van der Waals surface area contributed by atoms with Crippen LogP contribution in [0.15, 0.2) is 34.7 Å². The predicted molar refractivity (Wildman–Crippen MR) is 75.7 cm³/mol. The highest BCUT2D eigenvalue weighted by Gasteiger charge is 2.20. The number of para-hydroxylation sites is 1. The molecule has 2 rings (SSSR count). The average Bonchev–Trinajstić information content (AvgIpc) is 2.80. The van der Waals surface area contributed by atoms with E-state index in [9.17, 15) is 4.79 Å². The minimum absolute atomic E-state index is 0.0415. The number of nitrogens with two attached hydrogens (primary N) is 1. The molecule has 2 N–H and O–H groups in total. The standard InChI is InChI=1S/C15H20N2O2/c1-3-8-17(10-15(16)18)11(2)14-9-12-6-4-5-7-13(12)19-14/h4-7,9,11H,3,8,10H2,1-2H3,(H2,16,18)/t11-/m1/s1.